The van der Waals surface area contributed by atoms with Crippen LogP contribution in [-0.2, 0) is 40.0 Å². The Morgan fingerprint density at radius 2 is 0.962 bits per heavy atom. The normalized spacial score (nSPS) is 13.1. The van der Waals surface area contributed by atoms with Crippen LogP contribution in [0.5, 0.6) is 0 Å². The van der Waals surface area contributed by atoms with Crippen molar-refractivity contribution in [3.8, 4) is 0 Å². The maximum absolute atomic E-state index is 10.4. The second-order valence-electron chi connectivity index (χ2n) is 11.1. The standard InChI is InChI=1S/C9H11NO2.C6H13NO2.C5H9NO4.C5H11NO2S.C3H7NO3.C3H7NO2/c10-8(9(11)12)6-7-4-2-1-3-5-7;1-4(2)3-5(7)6(8)9;6-3(5(9)10)1-2-4(7)8;1-9-3-2-4(6)5(7)8;4-2(1-5)3(6)7;1-2(4)3(5)6/h1-5,8H,6,10H2,(H,11,12);4-5H,3,7H2,1-2H3,(H,8,9);3H,1-2,6H2,(H,7,8)(H,9,10);4H,2-3,6H2,1H3,(H,7,8);2,5H,1,4H2,(H,6,7);2H,4H2,1H3,(H,5,6)/t8-;5-;3-;4-;2*2-/m000000/s1. The van der Waals surface area contributed by atoms with Crippen LogP contribution in [0.3, 0.4) is 0 Å². The van der Waals surface area contributed by atoms with Crippen LogP contribution >= 0.6 is 11.8 Å². The summed E-state index contributed by atoms with van der Waals surface area (Å²) < 4.78 is 0. The summed E-state index contributed by atoms with van der Waals surface area (Å²) in [4.78, 5) is 69.7. The van der Waals surface area contributed by atoms with E-state index in [0.29, 0.717) is 25.2 Å². The van der Waals surface area contributed by atoms with Crippen molar-refractivity contribution in [3.05, 3.63) is 35.9 Å². The maximum Gasteiger partial charge on any atom is 0.322 e. The molecule has 53 heavy (non-hydrogen) atoms. The highest BCUT2D eigenvalue weighted by Crippen LogP contribution is 2.02. The molecule has 0 saturated heterocycles. The van der Waals surface area contributed by atoms with Crippen molar-refractivity contribution >= 4 is 53.5 Å². The van der Waals surface area contributed by atoms with Crippen LogP contribution in [-0.4, -0.2) is 138 Å². The number of carbonyl (C=O) groups is 7. The minimum absolute atomic E-state index is 0.0231. The summed E-state index contributed by atoms with van der Waals surface area (Å²) in [6.45, 7) is 4.81. The number of hydrogen-bond donors (Lipinski definition) is 14. The van der Waals surface area contributed by atoms with Gasteiger partial charge in [0.05, 0.1) is 6.61 Å². The zero-order chi connectivity index (χ0) is 42.9. The van der Waals surface area contributed by atoms with Crippen molar-refractivity contribution in [1.29, 1.82) is 0 Å². The summed E-state index contributed by atoms with van der Waals surface area (Å²) in [5, 5.41) is 65.1. The van der Waals surface area contributed by atoms with Gasteiger partial charge >= 0.3 is 41.8 Å². The van der Waals surface area contributed by atoms with E-state index in [1.165, 1.54) is 6.92 Å². The quantitative estimate of drug-likeness (QED) is 0.0837. The summed E-state index contributed by atoms with van der Waals surface area (Å²) in [6.07, 6.45) is 3.19. The predicted octanol–water partition coefficient (Wildman–Crippen LogP) is -1.69. The molecule has 0 fully saturated rings. The molecule has 0 unspecified atom stereocenters. The number of aliphatic hydroxyl groups excluding tert-OH is 1. The van der Waals surface area contributed by atoms with Gasteiger partial charge in [0.1, 0.15) is 36.3 Å². The molecule has 20 N–H and O–H groups in total. The predicted molar refractivity (Wildman–Crippen MR) is 196 cm³/mol. The van der Waals surface area contributed by atoms with Crippen LogP contribution in [0.4, 0.5) is 0 Å². The molecular formula is C31H58N6O15S. The number of rotatable bonds is 17. The number of nitrogens with two attached hydrogens (primary N) is 6. The molecule has 0 saturated carbocycles. The Kier molecular flexibility index (Phi) is 39.3. The van der Waals surface area contributed by atoms with Crippen molar-refractivity contribution in [1.82, 2.24) is 0 Å². The highest BCUT2D eigenvalue weighted by molar-refractivity contribution is 7.98. The lowest BCUT2D eigenvalue weighted by Gasteiger charge is -2.07. The molecular weight excluding hydrogens is 728 g/mol. The first-order valence-corrected chi connectivity index (χ1v) is 16.9. The number of aliphatic hydroxyl groups is 1. The topological polar surface area (TPSA) is 437 Å². The second-order valence-corrected chi connectivity index (χ2v) is 12.1. The van der Waals surface area contributed by atoms with Crippen molar-refractivity contribution in [2.45, 2.75) is 89.1 Å². The third-order valence-corrected chi connectivity index (χ3v) is 6.14. The molecule has 0 aliphatic heterocycles. The zero-order valence-corrected chi connectivity index (χ0v) is 31.0. The van der Waals surface area contributed by atoms with Gasteiger partial charge in [-0.1, -0.05) is 44.2 Å². The second kappa shape index (κ2) is 36.0. The van der Waals surface area contributed by atoms with Gasteiger partial charge in [-0.2, -0.15) is 11.8 Å². The van der Waals surface area contributed by atoms with Crippen molar-refractivity contribution in [3.63, 3.8) is 0 Å². The summed E-state index contributed by atoms with van der Waals surface area (Å²) in [7, 11) is 0. The Hall–Kier alpha value is -4.42. The molecule has 0 amide bonds. The molecule has 0 aromatic heterocycles. The van der Waals surface area contributed by atoms with Gasteiger partial charge < -0.3 is 75.3 Å². The molecule has 1 aromatic carbocycles. The lowest BCUT2D eigenvalue weighted by atomic mass is 10.1. The van der Waals surface area contributed by atoms with Crippen LogP contribution in [0, 0.1) is 5.92 Å². The average molecular weight is 787 g/mol. The molecule has 0 bridgehead atoms. The number of thioether (sulfide) groups is 1. The monoisotopic (exact) mass is 786 g/mol. The molecule has 22 heteroatoms. The molecule has 21 nitrogen and oxygen atoms in total. The first-order chi connectivity index (χ1) is 24.3. The third kappa shape index (κ3) is 45.6. The Bertz CT molecular complexity index is 1180. The molecule has 0 spiro atoms. The molecule has 1 aromatic rings. The lowest BCUT2D eigenvalue weighted by molar-refractivity contribution is -0.141. The van der Waals surface area contributed by atoms with E-state index in [2.05, 4.69) is 0 Å². The van der Waals surface area contributed by atoms with Gasteiger partial charge in [-0.05, 0) is 56.1 Å². The van der Waals surface area contributed by atoms with E-state index < -0.39 is 84.6 Å². The number of benzene rings is 1. The van der Waals surface area contributed by atoms with Gasteiger partial charge in [0, 0.05) is 6.42 Å². The van der Waals surface area contributed by atoms with E-state index in [9.17, 15) is 33.6 Å². The van der Waals surface area contributed by atoms with Crippen molar-refractivity contribution < 1.29 is 74.4 Å². The summed E-state index contributed by atoms with van der Waals surface area (Å²) in [5.41, 5.74) is 31.3. The SMILES string of the molecule is CC(C)C[C@H](N)C(=O)O.CSCC[C@H](N)C(=O)O.C[C@H](N)C(=O)O.N[C@@H](CCC(=O)O)C(=O)O.N[C@@H](CO)C(=O)O.N[C@@H](Cc1ccccc1)C(=O)O. The van der Waals surface area contributed by atoms with E-state index in [-0.39, 0.29) is 12.8 Å². The molecule has 6 atom stereocenters. The highest BCUT2D eigenvalue weighted by Gasteiger charge is 2.13. The molecule has 1 rings (SSSR count). The number of aliphatic carboxylic acids is 7. The molecule has 0 radical (unpaired) electrons. The maximum atomic E-state index is 10.4. The van der Waals surface area contributed by atoms with Gasteiger partial charge in [0.2, 0.25) is 0 Å². The molecule has 308 valence electrons. The van der Waals surface area contributed by atoms with Gasteiger partial charge in [-0.25, -0.2) is 0 Å². The van der Waals surface area contributed by atoms with E-state index >= 15 is 0 Å². The number of carboxylic acids is 7. The van der Waals surface area contributed by atoms with Crippen LogP contribution in [0.1, 0.15) is 52.0 Å². The lowest BCUT2D eigenvalue weighted by Crippen LogP contribution is -2.33. The average Bonchev–Trinajstić information content (AvgIpc) is 3.06. The Morgan fingerprint density at radius 1 is 0.585 bits per heavy atom. The van der Waals surface area contributed by atoms with Gasteiger partial charge in [0.15, 0.2) is 0 Å². The van der Waals surface area contributed by atoms with Crippen LogP contribution < -0.4 is 34.4 Å². The van der Waals surface area contributed by atoms with Crippen LogP contribution in [0.15, 0.2) is 30.3 Å². The van der Waals surface area contributed by atoms with Crippen molar-refractivity contribution in [2.24, 2.45) is 40.3 Å². The summed E-state index contributed by atoms with van der Waals surface area (Å²) >= 11 is 1.60. The van der Waals surface area contributed by atoms with E-state index in [1.807, 2.05) is 50.4 Å². The molecule has 0 aliphatic rings. The van der Waals surface area contributed by atoms with Crippen LogP contribution in [0.2, 0.25) is 0 Å². The van der Waals surface area contributed by atoms with Gasteiger partial charge in [-0.3, -0.25) is 33.6 Å². The Morgan fingerprint density at radius 3 is 1.21 bits per heavy atom. The molecule has 0 aliphatic carbocycles. The smallest absolute Gasteiger partial charge is 0.322 e. The van der Waals surface area contributed by atoms with E-state index in [4.69, 9.17) is 75.3 Å². The van der Waals surface area contributed by atoms with Gasteiger partial charge in [0.25, 0.3) is 0 Å². The number of hydrogen-bond acceptors (Lipinski definition) is 15. The molecule has 0 heterocycles. The van der Waals surface area contributed by atoms with E-state index in [0.717, 1.165) is 11.3 Å². The summed E-state index contributed by atoms with van der Waals surface area (Å²) in [6, 6.07) is 4.26. The summed E-state index contributed by atoms with van der Waals surface area (Å²) in [5.74, 6) is -5.95. The first-order valence-electron chi connectivity index (χ1n) is 15.5. The zero-order valence-electron chi connectivity index (χ0n) is 30.2. The first kappa shape index (κ1) is 57.9. The van der Waals surface area contributed by atoms with Crippen LogP contribution in [0.25, 0.3) is 0 Å². The van der Waals surface area contributed by atoms with Crippen molar-refractivity contribution in [2.75, 3.05) is 18.6 Å². The van der Waals surface area contributed by atoms with E-state index in [1.54, 1.807) is 11.8 Å². The fourth-order valence-corrected chi connectivity index (χ4v) is 2.90. The number of carboxylic acid groups (broad SMARTS) is 7. The fourth-order valence-electron chi connectivity index (χ4n) is 2.41. The minimum Gasteiger partial charge on any atom is -0.481 e. The minimum atomic E-state index is -1.18. The Labute approximate surface area is 311 Å². The Balaban J connectivity index is -0.000000176. The van der Waals surface area contributed by atoms with Gasteiger partial charge in [-0.15, -0.1) is 0 Å². The highest BCUT2D eigenvalue weighted by atomic mass is 32.2. The fraction of sp³-hybridized carbons (Fsp3) is 0.581. The largest absolute Gasteiger partial charge is 0.481 e. The third-order valence-electron chi connectivity index (χ3n) is 5.50.